The van der Waals surface area contributed by atoms with E-state index in [0.29, 0.717) is 5.13 Å². The number of rotatable bonds is 7. The van der Waals surface area contributed by atoms with Crippen molar-refractivity contribution in [1.29, 1.82) is 0 Å². The zero-order valence-corrected chi connectivity index (χ0v) is 18.6. The van der Waals surface area contributed by atoms with Crippen molar-refractivity contribution >= 4 is 16.7 Å². The second-order valence-corrected chi connectivity index (χ2v) is 8.13. The van der Waals surface area contributed by atoms with Crippen LogP contribution in [0.25, 0.3) is 11.4 Å². The van der Waals surface area contributed by atoms with Gasteiger partial charge < -0.3 is 14.4 Å². The van der Waals surface area contributed by atoms with E-state index in [0.717, 1.165) is 69.6 Å². The number of halogens is 3. The molecule has 4 rings (SSSR count). The summed E-state index contributed by atoms with van der Waals surface area (Å²) in [5, 5.41) is 0.600. The number of anilines is 1. The molecule has 1 fully saturated rings. The summed E-state index contributed by atoms with van der Waals surface area (Å²) in [6, 6.07) is 8.91. The Labute approximate surface area is 188 Å². The van der Waals surface area contributed by atoms with Crippen molar-refractivity contribution in [3.63, 3.8) is 0 Å². The molecule has 0 saturated carbocycles. The van der Waals surface area contributed by atoms with E-state index in [2.05, 4.69) is 30.0 Å². The molecule has 0 spiro atoms. The maximum absolute atomic E-state index is 14.4. The number of aromatic nitrogens is 2. The van der Waals surface area contributed by atoms with E-state index in [1.807, 2.05) is 18.2 Å². The third-order valence-electron chi connectivity index (χ3n) is 5.47. The van der Waals surface area contributed by atoms with E-state index in [1.54, 1.807) is 7.11 Å². The topological polar surface area (TPSA) is 50.7 Å². The smallest absolute Gasteiger partial charge is 0.205 e. The lowest BCUT2D eigenvalue weighted by atomic mass is 10.1. The molecule has 0 radical (unpaired) electrons. The van der Waals surface area contributed by atoms with Gasteiger partial charge in [-0.05, 0) is 30.2 Å². The molecule has 6 nitrogen and oxygen atoms in total. The molecule has 170 valence electrons. The summed E-state index contributed by atoms with van der Waals surface area (Å²) < 4.78 is 56.4. The molecule has 3 aromatic rings. The van der Waals surface area contributed by atoms with E-state index in [9.17, 15) is 13.2 Å². The number of methoxy groups -OCH3 is 2. The Kier molecular flexibility index (Phi) is 6.80. The van der Waals surface area contributed by atoms with Gasteiger partial charge in [0.2, 0.25) is 10.9 Å². The molecular weight excluding hydrogens is 441 g/mol. The van der Waals surface area contributed by atoms with E-state index in [1.165, 1.54) is 5.56 Å². The fourth-order valence-electron chi connectivity index (χ4n) is 3.66. The zero-order valence-electron chi connectivity index (χ0n) is 17.8. The summed E-state index contributed by atoms with van der Waals surface area (Å²) in [6.07, 6.45) is 0.925. The van der Waals surface area contributed by atoms with Crippen LogP contribution in [0.3, 0.4) is 0 Å². The van der Waals surface area contributed by atoms with Crippen LogP contribution in [0.15, 0.2) is 30.3 Å². The normalized spacial score (nSPS) is 14.6. The van der Waals surface area contributed by atoms with Crippen LogP contribution < -0.4 is 14.4 Å². The lowest BCUT2D eigenvalue weighted by Crippen LogP contribution is -2.47. The molecule has 0 aliphatic carbocycles. The fourth-order valence-corrected chi connectivity index (χ4v) is 4.39. The van der Waals surface area contributed by atoms with Crippen LogP contribution in [-0.2, 0) is 6.42 Å². The van der Waals surface area contributed by atoms with Gasteiger partial charge in [0, 0.05) is 44.3 Å². The second-order valence-electron chi connectivity index (χ2n) is 7.40. The highest BCUT2D eigenvalue weighted by Gasteiger charge is 2.25. The summed E-state index contributed by atoms with van der Waals surface area (Å²) in [5.74, 6) is -3.55. The molecule has 32 heavy (non-hydrogen) atoms. The average molecular weight is 465 g/mol. The van der Waals surface area contributed by atoms with Crippen LogP contribution in [0.4, 0.5) is 18.3 Å². The van der Waals surface area contributed by atoms with Crippen molar-refractivity contribution in [2.75, 3.05) is 51.8 Å². The van der Waals surface area contributed by atoms with Gasteiger partial charge in [-0.15, -0.1) is 0 Å². The lowest BCUT2D eigenvalue weighted by Gasteiger charge is -2.34. The molecule has 0 N–H and O–H groups in total. The van der Waals surface area contributed by atoms with Crippen LogP contribution in [0, 0.1) is 17.5 Å². The SMILES string of the molecule is COc1cccc(CCN2CCN(c3nc(-c4cc(F)c(OC)c(F)c4F)ns3)CC2)c1. The highest BCUT2D eigenvalue weighted by Crippen LogP contribution is 2.33. The van der Waals surface area contributed by atoms with Gasteiger partial charge in [-0.1, -0.05) is 12.1 Å². The molecule has 1 aromatic heterocycles. The van der Waals surface area contributed by atoms with Crippen LogP contribution in [0.5, 0.6) is 11.5 Å². The Morgan fingerprint density at radius 1 is 1.00 bits per heavy atom. The summed E-state index contributed by atoms with van der Waals surface area (Å²) in [6.45, 7) is 4.09. The van der Waals surface area contributed by atoms with Crippen LogP contribution in [0.1, 0.15) is 5.56 Å². The Bertz CT molecular complexity index is 1090. The fraction of sp³-hybridized carbons (Fsp3) is 0.364. The molecular formula is C22H23F3N4O2S. The molecule has 0 atom stereocenters. The van der Waals surface area contributed by atoms with Crippen molar-refractivity contribution in [3.8, 4) is 22.9 Å². The summed E-state index contributed by atoms with van der Waals surface area (Å²) in [5.41, 5.74) is 0.904. The largest absolute Gasteiger partial charge is 0.497 e. The zero-order chi connectivity index (χ0) is 22.7. The van der Waals surface area contributed by atoms with Gasteiger partial charge in [0.15, 0.2) is 23.2 Å². The standard InChI is InChI=1S/C22H23F3N4O2S/c1-30-15-5-3-4-14(12-15)6-7-28-8-10-29(11-9-28)22-26-21(27-32-22)16-13-17(23)20(31-2)19(25)18(16)24/h3-5,12-13H,6-11H2,1-2H3. The van der Waals surface area contributed by atoms with Gasteiger partial charge in [-0.3, -0.25) is 4.90 Å². The van der Waals surface area contributed by atoms with E-state index in [4.69, 9.17) is 4.74 Å². The van der Waals surface area contributed by atoms with E-state index in [-0.39, 0.29) is 11.4 Å². The molecule has 10 heteroatoms. The highest BCUT2D eigenvalue weighted by molar-refractivity contribution is 7.09. The monoisotopic (exact) mass is 464 g/mol. The van der Waals surface area contributed by atoms with Crippen LogP contribution in [-0.4, -0.2) is 61.2 Å². The van der Waals surface area contributed by atoms with E-state index >= 15 is 0 Å². The Morgan fingerprint density at radius 2 is 1.78 bits per heavy atom. The Balaban J connectivity index is 1.37. The van der Waals surface area contributed by atoms with Crippen LogP contribution >= 0.6 is 11.5 Å². The quantitative estimate of drug-likeness (QED) is 0.493. The molecule has 0 bridgehead atoms. The first-order valence-corrected chi connectivity index (χ1v) is 10.9. The number of hydrogen-bond donors (Lipinski definition) is 0. The first kappa shape index (κ1) is 22.3. The maximum atomic E-state index is 14.4. The minimum absolute atomic E-state index is 0.0385. The maximum Gasteiger partial charge on any atom is 0.205 e. The summed E-state index contributed by atoms with van der Waals surface area (Å²) >= 11 is 1.09. The number of hydrogen-bond acceptors (Lipinski definition) is 7. The van der Waals surface area contributed by atoms with Crippen molar-refractivity contribution in [2.24, 2.45) is 0 Å². The first-order valence-electron chi connectivity index (χ1n) is 10.2. The van der Waals surface area contributed by atoms with E-state index < -0.39 is 23.2 Å². The minimum Gasteiger partial charge on any atom is -0.497 e. The highest BCUT2D eigenvalue weighted by atomic mass is 32.1. The van der Waals surface area contributed by atoms with Gasteiger partial charge in [-0.25, -0.2) is 8.78 Å². The summed E-state index contributed by atoms with van der Waals surface area (Å²) in [7, 11) is 2.74. The molecule has 0 unspecified atom stereocenters. The predicted octanol–water partition coefficient (Wildman–Crippen LogP) is 4.00. The minimum atomic E-state index is -1.39. The van der Waals surface area contributed by atoms with Crippen molar-refractivity contribution in [2.45, 2.75) is 6.42 Å². The number of benzene rings is 2. The van der Waals surface area contributed by atoms with Gasteiger partial charge in [-0.2, -0.15) is 13.7 Å². The molecule has 0 amide bonds. The van der Waals surface area contributed by atoms with Gasteiger partial charge in [0.05, 0.1) is 19.8 Å². The van der Waals surface area contributed by atoms with Crippen LogP contribution in [0.2, 0.25) is 0 Å². The third-order valence-corrected chi connectivity index (χ3v) is 6.25. The van der Waals surface area contributed by atoms with Crippen molar-refractivity contribution < 1.29 is 22.6 Å². The van der Waals surface area contributed by atoms with Crippen molar-refractivity contribution in [3.05, 3.63) is 53.3 Å². The summed E-state index contributed by atoms with van der Waals surface area (Å²) in [4.78, 5) is 8.75. The molecule has 2 heterocycles. The molecule has 1 aliphatic rings. The predicted molar refractivity (Wildman–Crippen MR) is 117 cm³/mol. The third kappa shape index (κ3) is 4.66. The molecule has 1 aliphatic heterocycles. The van der Waals surface area contributed by atoms with Gasteiger partial charge in [0.1, 0.15) is 5.75 Å². The first-order chi connectivity index (χ1) is 15.5. The molecule has 1 saturated heterocycles. The Morgan fingerprint density at radius 3 is 2.50 bits per heavy atom. The van der Waals surface area contributed by atoms with Gasteiger partial charge >= 0.3 is 0 Å². The Hall–Kier alpha value is -2.85. The number of nitrogens with zero attached hydrogens (tertiary/aromatic N) is 4. The lowest BCUT2D eigenvalue weighted by molar-refractivity contribution is 0.261. The second kappa shape index (κ2) is 9.74. The number of ether oxygens (including phenoxy) is 2. The van der Waals surface area contributed by atoms with Crippen molar-refractivity contribution in [1.82, 2.24) is 14.3 Å². The average Bonchev–Trinajstić information content (AvgIpc) is 3.31. The number of piperazine rings is 1. The van der Waals surface area contributed by atoms with Gasteiger partial charge in [0.25, 0.3) is 0 Å². The molecule has 2 aromatic carbocycles.